The van der Waals surface area contributed by atoms with Gasteiger partial charge in [0.05, 0.1) is 0 Å². The molecule has 0 saturated carbocycles. The summed E-state index contributed by atoms with van der Waals surface area (Å²) in [6.45, 7) is 4.13. The molecule has 3 N–H and O–H groups in total. The van der Waals surface area contributed by atoms with Crippen LogP contribution in [0.1, 0.15) is 27.7 Å². The third kappa shape index (κ3) is 6.25. The van der Waals surface area contributed by atoms with Gasteiger partial charge in [-0.2, -0.15) is 0 Å². The molecule has 1 fully saturated rings. The molecule has 1 aliphatic rings. The van der Waals surface area contributed by atoms with Crippen LogP contribution >= 0.6 is 0 Å². The van der Waals surface area contributed by atoms with Crippen LogP contribution in [-0.4, -0.2) is 76.0 Å². The number of aromatic hydroxyl groups is 2. The van der Waals surface area contributed by atoms with Crippen molar-refractivity contribution >= 4 is 23.8 Å². The molecule has 1 aromatic heterocycles. The number of carbonyl (C=O) groups excluding carboxylic acids is 4. The third-order valence-corrected chi connectivity index (χ3v) is 4.08. The highest BCUT2D eigenvalue weighted by molar-refractivity contribution is 5.73. The molecular formula is C18H24N2O11. The monoisotopic (exact) mass is 444 g/mol. The molecule has 1 saturated heterocycles. The summed E-state index contributed by atoms with van der Waals surface area (Å²) in [5.41, 5.74) is 0. The molecule has 1 aromatic rings. The molecule has 13 nitrogen and oxygen atoms in total. The number of hydrogen-bond donors (Lipinski definition) is 3. The number of esters is 3. The van der Waals surface area contributed by atoms with Crippen molar-refractivity contribution in [2.75, 3.05) is 6.61 Å². The summed E-state index contributed by atoms with van der Waals surface area (Å²) in [5.74, 6) is -3.73. The van der Waals surface area contributed by atoms with Crippen molar-refractivity contribution in [3.8, 4) is 11.8 Å². The van der Waals surface area contributed by atoms with E-state index in [0.717, 1.165) is 32.9 Å². The number of rotatable bonds is 7. The summed E-state index contributed by atoms with van der Waals surface area (Å²) in [7, 11) is 0. The number of amides is 1. The zero-order valence-corrected chi connectivity index (χ0v) is 17.3. The van der Waals surface area contributed by atoms with Crippen molar-refractivity contribution in [3.63, 3.8) is 0 Å². The van der Waals surface area contributed by atoms with Crippen molar-refractivity contribution in [1.29, 1.82) is 0 Å². The van der Waals surface area contributed by atoms with Crippen molar-refractivity contribution in [2.24, 2.45) is 0 Å². The van der Waals surface area contributed by atoms with E-state index in [1.807, 2.05) is 0 Å². The summed E-state index contributed by atoms with van der Waals surface area (Å²) in [6, 6.07) is 1.01. The summed E-state index contributed by atoms with van der Waals surface area (Å²) in [6.07, 6.45) is -5.29. The average molecular weight is 444 g/mol. The minimum Gasteiger partial charge on any atom is -0.492 e. The minimum absolute atomic E-state index is 0.415. The van der Waals surface area contributed by atoms with Gasteiger partial charge in [0.1, 0.15) is 18.8 Å². The van der Waals surface area contributed by atoms with Gasteiger partial charge in [-0.25, -0.2) is 0 Å². The molecule has 0 spiro atoms. The fourth-order valence-electron chi connectivity index (χ4n) is 2.99. The Morgan fingerprint density at radius 2 is 1.52 bits per heavy atom. The fraction of sp³-hybridized carbons (Fsp3) is 0.556. The van der Waals surface area contributed by atoms with Gasteiger partial charge < -0.3 is 39.3 Å². The highest BCUT2D eigenvalue weighted by Gasteiger charge is 2.52. The Morgan fingerprint density at radius 1 is 0.968 bits per heavy atom. The predicted molar refractivity (Wildman–Crippen MR) is 98.3 cm³/mol. The summed E-state index contributed by atoms with van der Waals surface area (Å²) in [5, 5.41) is 22.2. The van der Waals surface area contributed by atoms with Crippen molar-refractivity contribution in [2.45, 2.75) is 58.3 Å². The van der Waals surface area contributed by atoms with E-state index < -0.39 is 72.8 Å². The van der Waals surface area contributed by atoms with Crippen molar-refractivity contribution in [1.82, 2.24) is 10.0 Å². The zero-order valence-electron chi connectivity index (χ0n) is 17.3. The van der Waals surface area contributed by atoms with Gasteiger partial charge in [-0.1, -0.05) is 0 Å². The Kier molecular flexibility index (Phi) is 7.69. The first-order valence-corrected chi connectivity index (χ1v) is 9.16. The number of nitrogens with zero attached hydrogens (tertiary/aromatic N) is 1. The molecule has 0 radical (unpaired) electrons. The first-order valence-electron chi connectivity index (χ1n) is 9.16. The lowest BCUT2D eigenvalue weighted by Gasteiger charge is -2.44. The Morgan fingerprint density at radius 3 is 2.00 bits per heavy atom. The van der Waals surface area contributed by atoms with Gasteiger partial charge in [0.25, 0.3) is 0 Å². The number of ether oxygens (including phenoxy) is 4. The van der Waals surface area contributed by atoms with Crippen molar-refractivity contribution < 1.29 is 53.2 Å². The van der Waals surface area contributed by atoms with Crippen LogP contribution in [0.5, 0.6) is 11.8 Å². The third-order valence-electron chi connectivity index (χ3n) is 4.08. The number of aromatic nitrogens is 1. The average Bonchev–Trinajstić information content (AvgIpc) is 2.95. The van der Waals surface area contributed by atoms with Crippen molar-refractivity contribution in [3.05, 3.63) is 12.1 Å². The molecule has 172 valence electrons. The highest BCUT2D eigenvalue weighted by atomic mass is 16.8. The molecule has 13 heteroatoms. The van der Waals surface area contributed by atoms with E-state index in [1.165, 1.54) is 6.92 Å². The van der Waals surface area contributed by atoms with E-state index in [0.29, 0.717) is 4.73 Å². The second-order valence-corrected chi connectivity index (χ2v) is 6.67. The number of carbonyl (C=O) groups is 4. The first kappa shape index (κ1) is 23.8. The lowest BCUT2D eigenvalue weighted by atomic mass is 9.96. The summed E-state index contributed by atoms with van der Waals surface area (Å²) in [4.78, 5) is 52.0. The topological polar surface area (TPSA) is 172 Å². The van der Waals surface area contributed by atoms with Gasteiger partial charge in [-0.3, -0.25) is 19.2 Å². The zero-order chi connectivity index (χ0) is 23.3. The summed E-state index contributed by atoms with van der Waals surface area (Å²) < 4.78 is 21.8. The molecule has 1 amide bonds. The predicted octanol–water partition coefficient (Wildman–Crippen LogP) is -1.02. The van der Waals surface area contributed by atoms with E-state index in [9.17, 15) is 29.4 Å². The van der Waals surface area contributed by atoms with Crippen LogP contribution in [0.4, 0.5) is 0 Å². The number of nitrogens with one attached hydrogen (secondary N) is 1. The van der Waals surface area contributed by atoms with Crippen LogP contribution < -0.4 is 10.2 Å². The normalized spacial score (nSPS) is 25.2. The lowest BCUT2D eigenvalue weighted by Crippen LogP contribution is -2.68. The lowest BCUT2D eigenvalue weighted by molar-refractivity contribution is -0.278. The second kappa shape index (κ2) is 10.0. The van der Waals surface area contributed by atoms with E-state index in [2.05, 4.69) is 5.32 Å². The quantitative estimate of drug-likeness (QED) is 0.347. The van der Waals surface area contributed by atoms with Crippen LogP contribution in [0.25, 0.3) is 0 Å². The smallest absolute Gasteiger partial charge is 0.303 e. The molecule has 0 aromatic carbocycles. The Balaban J connectivity index is 2.47. The number of hydrogen-bond acceptors (Lipinski definition) is 11. The van der Waals surface area contributed by atoms with Gasteiger partial charge >= 0.3 is 17.9 Å². The maximum absolute atomic E-state index is 11.8. The fourth-order valence-corrected chi connectivity index (χ4v) is 2.99. The van der Waals surface area contributed by atoms with Gasteiger partial charge in [0.15, 0.2) is 12.2 Å². The molecule has 2 rings (SSSR count). The molecular weight excluding hydrogens is 420 g/mol. The summed E-state index contributed by atoms with van der Waals surface area (Å²) >= 11 is 0. The second-order valence-electron chi connectivity index (χ2n) is 6.67. The Labute approximate surface area is 176 Å². The van der Waals surface area contributed by atoms with Crippen LogP contribution in [-0.2, 0) is 38.1 Å². The molecule has 31 heavy (non-hydrogen) atoms. The van der Waals surface area contributed by atoms with E-state index in [-0.39, 0.29) is 0 Å². The van der Waals surface area contributed by atoms with Gasteiger partial charge in [-0.15, -0.1) is 4.73 Å². The van der Waals surface area contributed by atoms with Crippen LogP contribution in [0.3, 0.4) is 0 Å². The molecule has 0 aliphatic carbocycles. The Bertz CT molecular complexity index is 817. The van der Waals surface area contributed by atoms with Crippen LogP contribution in [0.15, 0.2) is 12.1 Å². The van der Waals surface area contributed by atoms with E-state index in [4.69, 9.17) is 23.8 Å². The van der Waals surface area contributed by atoms with Crippen LogP contribution in [0.2, 0.25) is 0 Å². The first-order chi connectivity index (χ1) is 14.5. The largest absolute Gasteiger partial charge is 0.492 e. The minimum atomic E-state index is -1.48. The van der Waals surface area contributed by atoms with Crippen LogP contribution in [0, 0.1) is 0 Å². The SMILES string of the molecule is CC(=O)N[C@H]1C(On2c(O)ccc2O)O[C@H](COC(C)=O)[C@H](OC(C)=O)[C@@H]1OC(C)=O. The molecule has 5 atom stereocenters. The molecule has 1 unspecified atom stereocenters. The standard InChI is InChI=1S/C18H24N2O11/c1-8(21)19-15-17(29-11(4)24)16(28-10(3)23)12(7-27-9(2)22)30-18(15)31-20-13(25)5-6-14(20)26/h5-6,12,15-18,25-26H,7H2,1-4H3,(H,19,21)/t12-,15-,16+,17-,18?/m1/s1. The van der Waals surface area contributed by atoms with Gasteiger partial charge in [-0.05, 0) is 0 Å². The molecule has 1 aliphatic heterocycles. The van der Waals surface area contributed by atoms with Gasteiger partial charge in [0.2, 0.25) is 24.0 Å². The molecule has 2 heterocycles. The van der Waals surface area contributed by atoms with E-state index >= 15 is 0 Å². The molecule has 0 bridgehead atoms. The maximum Gasteiger partial charge on any atom is 0.303 e. The Hall–Kier alpha value is -3.48. The van der Waals surface area contributed by atoms with Gasteiger partial charge in [0, 0.05) is 39.8 Å². The highest BCUT2D eigenvalue weighted by Crippen LogP contribution is 2.29. The maximum atomic E-state index is 11.8. The van der Waals surface area contributed by atoms with E-state index in [1.54, 1.807) is 0 Å².